The van der Waals surface area contributed by atoms with Gasteiger partial charge >= 0.3 is 0 Å². The normalized spacial score (nSPS) is 22.7. The second kappa shape index (κ2) is 8.48. The lowest BCUT2D eigenvalue weighted by molar-refractivity contribution is -0.121. The molecule has 4 heteroatoms. The molecule has 2 atom stereocenters. The summed E-state index contributed by atoms with van der Waals surface area (Å²) in [4.78, 5) is 13.9. The number of hydrogen-bond acceptors (Lipinski definition) is 3. The highest BCUT2D eigenvalue weighted by Crippen LogP contribution is 2.19. The first-order chi connectivity index (χ1) is 8.67. The molecular formula is C14H29N3O. The lowest BCUT2D eigenvalue weighted by Crippen LogP contribution is -2.45. The van der Waals surface area contributed by atoms with Gasteiger partial charge in [0.2, 0.25) is 5.91 Å². The fourth-order valence-electron chi connectivity index (χ4n) is 2.74. The van der Waals surface area contributed by atoms with Crippen molar-refractivity contribution < 1.29 is 4.79 Å². The van der Waals surface area contributed by atoms with Gasteiger partial charge in [-0.05, 0) is 45.7 Å². The Morgan fingerprint density at radius 2 is 2.17 bits per heavy atom. The minimum absolute atomic E-state index is 0.180. The van der Waals surface area contributed by atoms with E-state index in [0.717, 1.165) is 38.6 Å². The highest BCUT2D eigenvalue weighted by atomic mass is 16.1. The molecule has 0 radical (unpaired) electrons. The Balaban J connectivity index is 2.28. The summed E-state index contributed by atoms with van der Waals surface area (Å²) in [5.74, 6) is 0.910. The van der Waals surface area contributed by atoms with Crippen LogP contribution in [0.15, 0.2) is 0 Å². The smallest absolute Gasteiger partial charge is 0.221 e. The van der Waals surface area contributed by atoms with E-state index in [1.165, 1.54) is 12.8 Å². The van der Waals surface area contributed by atoms with E-state index in [2.05, 4.69) is 29.4 Å². The summed E-state index contributed by atoms with van der Waals surface area (Å²) in [6.07, 6.45) is 3.21. The number of carbonyl (C=O) groups is 1. The zero-order valence-electron chi connectivity index (χ0n) is 12.2. The molecule has 2 unspecified atom stereocenters. The third kappa shape index (κ3) is 5.36. The number of likely N-dealkylation sites (tertiary alicyclic amines) is 1. The van der Waals surface area contributed by atoms with Crippen LogP contribution in [0, 0.1) is 5.92 Å². The summed E-state index contributed by atoms with van der Waals surface area (Å²) in [6.45, 7) is 11.4. The second-order valence-corrected chi connectivity index (χ2v) is 5.25. The summed E-state index contributed by atoms with van der Waals surface area (Å²) in [5, 5.41) is 6.38. The summed E-state index contributed by atoms with van der Waals surface area (Å²) >= 11 is 0. The maximum atomic E-state index is 11.5. The van der Waals surface area contributed by atoms with E-state index in [0.29, 0.717) is 12.5 Å². The summed E-state index contributed by atoms with van der Waals surface area (Å²) < 4.78 is 0. The summed E-state index contributed by atoms with van der Waals surface area (Å²) in [6, 6.07) is 0.585. The molecule has 0 aromatic heterocycles. The molecular weight excluding hydrogens is 226 g/mol. The number of nitrogens with one attached hydrogen (secondary N) is 2. The molecule has 0 bridgehead atoms. The van der Waals surface area contributed by atoms with Crippen LogP contribution in [0.4, 0.5) is 0 Å². The van der Waals surface area contributed by atoms with Crippen LogP contribution in [0.25, 0.3) is 0 Å². The number of rotatable bonds is 7. The van der Waals surface area contributed by atoms with E-state index < -0.39 is 0 Å². The van der Waals surface area contributed by atoms with E-state index in [9.17, 15) is 4.79 Å². The van der Waals surface area contributed by atoms with Gasteiger partial charge < -0.3 is 15.5 Å². The minimum Gasteiger partial charge on any atom is -0.356 e. The number of nitrogens with zero attached hydrogens (tertiary/aromatic N) is 1. The average molecular weight is 255 g/mol. The van der Waals surface area contributed by atoms with Crippen molar-refractivity contribution in [3.63, 3.8) is 0 Å². The van der Waals surface area contributed by atoms with Gasteiger partial charge in [0.15, 0.2) is 0 Å². The van der Waals surface area contributed by atoms with Gasteiger partial charge in [-0.1, -0.05) is 6.92 Å². The van der Waals surface area contributed by atoms with Crippen LogP contribution in [-0.4, -0.2) is 49.6 Å². The molecule has 0 aliphatic carbocycles. The van der Waals surface area contributed by atoms with Gasteiger partial charge in [-0.2, -0.15) is 0 Å². The van der Waals surface area contributed by atoms with E-state index in [4.69, 9.17) is 0 Å². The first-order valence-electron chi connectivity index (χ1n) is 7.39. The van der Waals surface area contributed by atoms with Gasteiger partial charge in [-0.15, -0.1) is 0 Å². The maximum absolute atomic E-state index is 11.5. The van der Waals surface area contributed by atoms with Crippen molar-refractivity contribution in [3.8, 4) is 0 Å². The van der Waals surface area contributed by atoms with Crippen LogP contribution in [0.3, 0.4) is 0 Å². The van der Waals surface area contributed by atoms with Crippen molar-refractivity contribution in [2.45, 2.75) is 46.1 Å². The van der Waals surface area contributed by atoms with Crippen LogP contribution >= 0.6 is 0 Å². The Morgan fingerprint density at radius 1 is 1.39 bits per heavy atom. The third-order valence-corrected chi connectivity index (χ3v) is 3.80. The zero-order chi connectivity index (χ0) is 13.4. The van der Waals surface area contributed by atoms with Gasteiger partial charge in [0.1, 0.15) is 0 Å². The molecule has 0 aromatic rings. The third-order valence-electron chi connectivity index (χ3n) is 3.80. The van der Waals surface area contributed by atoms with Gasteiger partial charge in [-0.25, -0.2) is 0 Å². The Labute approximate surface area is 111 Å². The molecule has 0 saturated carbocycles. The quantitative estimate of drug-likeness (QED) is 0.719. The molecule has 1 rings (SSSR count). The SMILES string of the molecule is CCNC(=O)CCN1CCCC(C(C)NCC)C1. The number of carbonyl (C=O) groups excluding carboxylic acids is 1. The molecule has 1 aliphatic rings. The molecule has 1 fully saturated rings. The number of piperidine rings is 1. The highest BCUT2D eigenvalue weighted by Gasteiger charge is 2.24. The maximum Gasteiger partial charge on any atom is 0.221 e. The largest absolute Gasteiger partial charge is 0.356 e. The Hall–Kier alpha value is -0.610. The van der Waals surface area contributed by atoms with Crippen LogP contribution in [0.1, 0.15) is 40.0 Å². The molecule has 18 heavy (non-hydrogen) atoms. The van der Waals surface area contributed by atoms with Crippen molar-refractivity contribution in [1.29, 1.82) is 0 Å². The molecule has 0 spiro atoms. The van der Waals surface area contributed by atoms with Crippen molar-refractivity contribution in [2.24, 2.45) is 5.92 Å². The Morgan fingerprint density at radius 3 is 2.83 bits per heavy atom. The minimum atomic E-state index is 0.180. The lowest BCUT2D eigenvalue weighted by atomic mass is 9.91. The van der Waals surface area contributed by atoms with Crippen LogP contribution in [0.2, 0.25) is 0 Å². The zero-order valence-corrected chi connectivity index (χ0v) is 12.2. The summed E-state index contributed by atoms with van der Waals surface area (Å²) in [5.41, 5.74) is 0. The summed E-state index contributed by atoms with van der Waals surface area (Å²) in [7, 11) is 0. The lowest BCUT2D eigenvalue weighted by Gasteiger charge is -2.36. The molecule has 2 N–H and O–H groups in total. The highest BCUT2D eigenvalue weighted by molar-refractivity contribution is 5.75. The van der Waals surface area contributed by atoms with E-state index in [-0.39, 0.29) is 5.91 Å². The second-order valence-electron chi connectivity index (χ2n) is 5.25. The van der Waals surface area contributed by atoms with E-state index in [1.807, 2.05) is 6.92 Å². The van der Waals surface area contributed by atoms with Crippen molar-refractivity contribution >= 4 is 5.91 Å². The van der Waals surface area contributed by atoms with Crippen LogP contribution in [-0.2, 0) is 4.79 Å². The van der Waals surface area contributed by atoms with Gasteiger partial charge in [0, 0.05) is 32.1 Å². The number of hydrogen-bond donors (Lipinski definition) is 2. The molecule has 1 heterocycles. The van der Waals surface area contributed by atoms with Crippen molar-refractivity contribution in [1.82, 2.24) is 15.5 Å². The predicted molar refractivity (Wildman–Crippen MR) is 75.6 cm³/mol. The van der Waals surface area contributed by atoms with Crippen LogP contribution in [0.5, 0.6) is 0 Å². The Kier molecular flexibility index (Phi) is 7.28. The van der Waals surface area contributed by atoms with E-state index >= 15 is 0 Å². The topological polar surface area (TPSA) is 44.4 Å². The van der Waals surface area contributed by atoms with Crippen LogP contribution < -0.4 is 10.6 Å². The van der Waals surface area contributed by atoms with Gasteiger partial charge in [-0.3, -0.25) is 4.79 Å². The first kappa shape index (κ1) is 15.4. The standard InChI is InChI=1S/C14H29N3O/c1-4-15-12(3)13-7-6-9-17(11-13)10-8-14(18)16-5-2/h12-13,15H,4-11H2,1-3H3,(H,16,18). The van der Waals surface area contributed by atoms with E-state index in [1.54, 1.807) is 0 Å². The molecule has 4 nitrogen and oxygen atoms in total. The first-order valence-corrected chi connectivity index (χ1v) is 7.39. The molecule has 1 aliphatic heterocycles. The fourth-order valence-corrected chi connectivity index (χ4v) is 2.74. The molecule has 1 amide bonds. The number of amides is 1. The molecule has 1 saturated heterocycles. The Bertz CT molecular complexity index is 245. The van der Waals surface area contributed by atoms with Crippen molar-refractivity contribution in [2.75, 3.05) is 32.7 Å². The predicted octanol–water partition coefficient (Wildman–Crippen LogP) is 1.22. The molecule has 106 valence electrons. The van der Waals surface area contributed by atoms with Crippen molar-refractivity contribution in [3.05, 3.63) is 0 Å². The van der Waals surface area contributed by atoms with Gasteiger partial charge in [0.25, 0.3) is 0 Å². The van der Waals surface area contributed by atoms with Gasteiger partial charge in [0.05, 0.1) is 0 Å². The fraction of sp³-hybridized carbons (Fsp3) is 0.929. The monoisotopic (exact) mass is 255 g/mol. The average Bonchev–Trinajstić information content (AvgIpc) is 2.37. The molecule has 0 aromatic carbocycles.